The molecule has 0 unspecified atom stereocenters. The third-order valence-electron chi connectivity index (χ3n) is 4.68. The second-order valence-electron chi connectivity index (χ2n) is 6.17. The molecule has 0 atom stereocenters. The van der Waals surface area contributed by atoms with Crippen LogP contribution in [0.3, 0.4) is 0 Å². The van der Waals surface area contributed by atoms with Crippen molar-refractivity contribution in [1.82, 2.24) is 0 Å². The fraction of sp³-hybridized carbons (Fsp3) is 0.0833. The Morgan fingerprint density at radius 2 is 1.12 bits per heavy atom. The van der Waals surface area contributed by atoms with Crippen LogP contribution in [-0.2, 0) is 0 Å². The van der Waals surface area contributed by atoms with Gasteiger partial charge in [-0.1, -0.05) is 0 Å². The standard InChI is InChI=1S/C24H22BrP/c1-2-3-4-14-21-26(25,22-15-8-5-9-16-22,23-17-10-6-11-18-23)24-19-12-7-13-20-24/h4-20H,21H2,1H3/b14-4+. The summed E-state index contributed by atoms with van der Waals surface area (Å²) in [5.41, 5.74) is 0. The van der Waals surface area contributed by atoms with Crippen molar-refractivity contribution in [1.29, 1.82) is 0 Å². The van der Waals surface area contributed by atoms with Crippen molar-refractivity contribution in [3.05, 3.63) is 103 Å². The molecular weight excluding hydrogens is 399 g/mol. The quantitative estimate of drug-likeness (QED) is 0.382. The summed E-state index contributed by atoms with van der Waals surface area (Å²) < 4.78 is 0. The molecular formula is C24H22BrP. The van der Waals surface area contributed by atoms with Crippen LogP contribution in [0.15, 0.2) is 103 Å². The Kier molecular flexibility index (Phi) is 5.77. The van der Waals surface area contributed by atoms with E-state index in [-0.39, 0.29) is 0 Å². The SMILES string of the molecule is CC#C/C=C/CP(Br)(c1ccccc1)(c1ccccc1)c1ccccc1. The summed E-state index contributed by atoms with van der Waals surface area (Å²) in [5, 5.41) is 1.15. The van der Waals surface area contributed by atoms with Crippen LogP contribution in [0.1, 0.15) is 6.92 Å². The van der Waals surface area contributed by atoms with Crippen molar-refractivity contribution < 1.29 is 0 Å². The fourth-order valence-corrected chi connectivity index (χ4v) is 10.4. The summed E-state index contributed by atoms with van der Waals surface area (Å²) in [6.45, 7) is 1.86. The molecule has 26 heavy (non-hydrogen) atoms. The maximum atomic E-state index is 4.40. The van der Waals surface area contributed by atoms with Gasteiger partial charge in [0.25, 0.3) is 0 Å². The molecule has 0 heterocycles. The molecule has 3 aromatic rings. The molecule has 0 saturated heterocycles. The average Bonchev–Trinajstić information content (AvgIpc) is 2.73. The van der Waals surface area contributed by atoms with Crippen molar-refractivity contribution in [2.24, 2.45) is 0 Å². The van der Waals surface area contributed by atoms with E-state index in [0.29, 0.717) is 0 Å². The summed E-state index contributed by atoms with van der Waals surface area (Å²) in [6, 6.07) is 32.4. The van der Waals surface area contributed by atoms with Gasteiger partial charge in [0, 0.05) is 0 Å². The normalized spacial score (nSPS) is 12.8. The van der Waals surface area contributed by atoms with Crippen molar-refractivity contribution in [2.75, 3.05) is 6.16 Å². The fourth-order valence-electron chi connectivity index (χ4n) is 3.37. The van der Waals surface area contributed by atoms with Crippen molar-refractivity contribution >= 4 is 36.7 Å². The average molecular weight is 421 g/mol. The third kappa shape index (κ3) is 3.28. The molecule has 0 saturated carbocycles. The molecule has 0 aromatic heterocycles. The molecule has 3 rings (SSSR count). The molecule has 2 heteroatoms. The minimum absolute atomic E-state index is 0.873. The molecule has 0 amide bonds. The van der Waals surface area contributed by atoms with Crippen LogP contribution >= 0.6 is 20.8 Å². The van der Waals surface area contributed by atoms with E-state index in [0.717, 1.165) is 6.16 Å². The van der Waals surface area contributed by atoms with Crippen molar-refractivity contribution in [3.63, 3.8) is 0 Å². The van der Waals surface area contributed by atoms with Crippen molar-refractivity contribution in [3.8, 4) is 11.8 Å². The molecule has 0 nitrogen and oxygen atoms in total. The zero-order chi connectivity index (χ0) is 18.3. The summed E-state index contributed by atoms with van der Waals surface area (Å²) >= 11 is 4.40. The zero-order valence-electron chi connectivity index (χ0n) is 14.8. The minimum atomic E-state index is -2.83. The molecule has 0 aliphatic rings. The van der Waals surface area contributed by atoms with Gasteiger partial charge in [0.05, 0.1) is 0 Å². The number of allylic oxidation sites excluding steroid dienone is 2. The van der Waals surface area contributed by atoms with Crippen LogP contribution in [0.4, 0.5) is 0 Å². The van der Waals surface area contributed by atoms with Gasteiger partial charge in [0.1, 0.15) is 0 Å². The molecule has 0 radical (unpaired) electrons. The molecule has 0 bridgehead atoms. The Morgan fingerprint density at radius 3 is 1.46 bits per heavy atom. The van der Waals surface area contributed by atoms with Crippen LogP contribution in [0, 0.1) is 11.8 Å². The predicted molar refractivity (Wildman–Crippen MR) is 122 cm³/mol. The number of benzene rings is 3. The van der Waals surface area contributed by atoms with E-state index in [4.69, 9.17) is 0 Å². The Balaban J connectivity index is 2.36. The van der Waals surface area contributed by atoms with Crippen LogP contribution in [-0.4, -0.2) is 6.16 Å². The molecule has 130 valence electrons. The van der Waals surface area contributed by atoms with Gasteiger partial charge in [-0.05, 0) is 0 Å². The van der Waals surface area contributed by atoms with E-state index in [2.05, 4.69) is 124 Å². The predicted octanol–water partition coefficient (Wildman–Crippen LogP) is 5.41. The topological polar surface area (TPSA) is 0 Å². The maximum absolute atomic E-state index is 4.40. The summed E-state index contributed by atoms with van der Waals surface area (Å²) in [5.74, 6) is 6.01. The van der Waals surface area contributed by atoms with Gasteiger partial charge >= 0.3 is 165 Å². The molecule has 3 aromatic carbocycles. The Hall–Kier alpha value is -2.13. The Bertz CT molecular complexity index is 836. The van der Waals surface area contributed by atoms with Crippen LogP contribution < -0.4 is 15.9 Å². The van der Waals surface area contributed by atoms with Gasteiger partial charge in [-0.15, -0.1) is 0 Å². The van der Waals surface area contributed by atoms with Crippen LogP contribution in [0.25, 0.3) is 0 Å². The summed E-state index contributed by atoms with van der Waals surface area (Å²) in [4.78, 5) is 0. The van der Waals surface area contributed by atoms with Gasteiger partial charge in [0.15, 0.2) is 0 Å². The summed E-state index contributed by atoms with van der Waals surface area (Å²) in [6.07, 6.45) is 5.05. The second kappa shape index (κ2) is 8.05. The van der Waals surface area contributed by atoms with E-state index in [9.17, 15) is 0 Å². The molecule has 0 aliphatic carbocycles. The van der Waals surface area contributed by atoms with Crippen LogP contribution in [0.2, 0.25) is 0 Å². The van der Waals surface area contributed by atoms with E-state index in [1.807, 2.05) is 13.0 Å². The number of hydrogen-bond donors (Lipinski definition) is 0. The van der Waals surface area contributed by atoms with Gasteiger partial charge in [0.2, 0.25) is 0 Å². The molecule has 0 N–H and O–H groups in total. The first-order chi connectivity index (χ1) is 12.7. The molecule has 0 spiro atoms. The van der Waals surface area contributed by atoms with Gasteiger partial charge in [-0.2, -0.15) is 0 Å². The van der Waals surface area contributed by atoms with E-state index in [1.54, 1.807) is 0 Å². The van der Waals surface area contributed by atoms with Crippen LogP contribution in [0.5, 0.6) is 0 Å². The van der Waals surface area contributed by atoms with E-state index < -0.39 is 5.31 Å². The Labute approximate surface area is 164 Å². The summed E-state index contributed by atoms with van der Waals surface area (Å²) in [7, 11) is 0. The zero-order valence-corrected chi connectivity index (χ0v) is 17.3. The first-order valence-electron chi connectivity index (χ1n) is 8.67. The van der Waals surface area contributed by atoms with Gasteiger partial charge in [-0.3, -0.25) is 0 Å². The Morgan fingerprint density at radius 1 is 0.731 bits per heavy atom. The van der Waals surface area contributed by atoms with Gasteiger partial charge < -0.3 is 0 Å². The molecule has 0 aliphatic heterocycles. The third-order valence-corrected chi connectivity index (χ3v) is 14.3. The van der Waals surface area contributed by atoms with E-state index in [1.165, 1.54) is 15.9 Å². The van der Waals surface area contributed by atoms with E-state index >= 15 is 0 Å². The van der Waals surface area contributed by atoms with Gasteiger partial charge in [-0.25, -0.2) is 0 Å². The molecule has 0 fully saturated rings. The first kappa shape index (κ1) is 18.7. The second-order valence-corrected chi connectivity index (χ2v) is 15.1. The monoisotopic (exact) mass is 420 g/mol. The van der Waals surface area contributed by atoms with Crippen molar-refractivity contribution in [2.45, 2.75) is 6.92 Å². The number of hydrogen-bond acceptors (Lipinski definition) is 0. The first-order valence-corrected chi connectivity index (χ1v) is 13.1. The number of halogens is 1. The number of rotatable bonds is 5.